The monoisotopic (exact) mass is 279 g/mol. The molecule has 0 N–H and O–H groups in total. The number of hydrogen-bond acceptors (Lipinski definition) is 3. The number of carbonyl (C=O) groups is 1. The number of nitrogens with zero attached hydrogens (tertiary/aromatic N) is 1. The fourth-order valence-corrected chi connectivity index (χ4v) is 3.14. The summed E-state index contributed by atoms with van der Waals surface area (Å²) in [4.78, 5) is 15.2. The zero-order valence-electron chi connectivity index (χ0n) is 12.2. The van der Waals surface area contributed by atoms with E-state index in [1.807, 2.05) is 19.9 Å². The number of rotatable bonds is 4. The summed E-state index contributed by atoms with van der Waals surface area (Å²) in [6.07, 6.45) is 5.77. The predicted molar refractivity (Wildman–Crippen MR) is 74.9 cm³/mol. The van der Waals surface area contributed by atoms with Crippen LogP contribution in [0.2, 0.25) is 0 Å². The average Bonchev–Trinajstić information content (AvgIpc) is 2.40. The van der Waals surface area contributed by atoms with E-state index in [1.54, 1.807) is 0 Å². The second-order valence-electron chi connectivity index (χ2n) is 5.56. The Kier molecular flexibility index (Phi) is 5.10. The fraction of sp³-hybridized carbons (Fsp3) is 0.625. The molecule has 1 fully saturated rings. The van der Waals surface area contributed by atoms with Gasteiger partial charge in [-0.3, -0.25) is 4.79 Å². The van der Waals surface area contributed by atoms with Crippen LogP contribution in [-0.4, -0.2) is 17.6 Å². The third-order valence-corrected chi connectivity index (χ3v) is 4.18. The molecule has 0 aliphatic heterocycles. The molecule has 0 spiro atoms. The van der Waals surface area contributed by atoms with Crippen LogP contribution in [0.4, 0.5) is 4.39 Å². The molecule has 1 aromatic heterocycles. The van der Waals surface area contributed by atoms with Crippen molar-refractivity contribution in [3.8, 4) is 0 Å². The molecule has 1 aliphatic carbocycles. The van der Waals surface area contributed by atoms with Crippen LogP contribution in [0.5, 0.6) is 0 Å². The lowest BCUT2D eigenvalue weighted by Gasteiger charge is -2.29. The Morgan fingerprint density at radius 2 is 2.10 bits per heavy atom. The number of halogens is 1. The van der Waals surface area contributed by atoms with E-state index in [-0.39, 0.29) is 17.8 Å². The molecule has 1 heterocycles. The number of ether oxygens (including phenoxy) is 1. The van der Waals surface area contributed by atoms with Gasteiger partial charge in [-0.1, -0.05) is 0 Å². The van der Waals surface area contributed by atoms with Gasteiger partial charge in [0.25, 0.3) is 0 Å². The van der Waals surface area contributed by atoms with Gasteiger partial charge in [-0.15, -0.1) is 0 Å². The standard InChI is InChI=1S/C16H22FNO2/c1-3-20-14(19)10-12-4-6-13(7-5-12)15-11(2)8-9-18-16(15)17/h8-9,12-13H,3-7,10H2,1-2H3. The minimum atomic E-state index is -0.334. The molecule has 20 heavy (non-hydrogen) atoms. The summed E-state index contributed by atoms with van der Waals surface area (Å²) < 4.78 is 18.8. The summed E-state index contributed by atoms with van der Waals surface area (Å²) in [5.74, 6) is 0.172. The first kappa shape index (κ1) is 14.9. The van der Waals surface area contributed by atoms with E-state index in [1.165, 1.54) is 6.20 Å². The van der Waals surface area contributed by atoms with Crippen molar-refractivity contribution in [2.75, 3.05) is 6.61 Å². The van der Waals surface area contributed by atoms with Crippen molar-refractivity contribution < 1.29 is 13.9 Å². The van der Waals surface area contributed by atoms with Crippen molar-refractivity contribution in [3.63, 3.8) is 0 Å². The van der Waals surface area contributed by atoms with Crippen molar-refractivity contribution >= 4 is 5.97 Å². The molecule has 1 aliphatic rings. The molecule has 0 bridgehead atoms. The average molecular weight is 279 g/mol. The van der Waals surface area contributed by atoms with E-state index in [0.717, 1.165) is 36.8 Å². The highest BCUT2D eigenvalue weighted by atomic mass is 19.1. The molecule has 1 saturated carbocycles. The van der Waals surface area contributed by atoms with Gasteiger partial charge >= 0.3 is 5.97 Å². The van der Waals surface area contributed by atoms with Gasteiger partial charge in [0.1, 0.15) is 0 Å². The van der Waals surface area contributed by atoms with Gasteiger partial charge in [0.15, 0.2) is 0 Å². The SMILES string of the molecule is CCOC(=O)CC1CCC(c2c(C)ccnc2F)CC1. The molecule has 1 aromatic rings. The normalized spacial score (nSPS) is 22.6. The second-order valence-corrected chi connectivity index (χ2v) is 5.56. The highest BCUT2D eigenvalue weighted by molar-refractivity contribution is 5.69. The summed E-state index contributed by atoms with van der Waals surface area (Å²) in [7, 11) is 0. The predicted octanol–water partition coefficient (Wildman–Crippen LogP) is 3.76. The number of esters is 1. The number of pyridine rings is 1. The maximum Gasteiger partial charge on any atom is 0.306 e. The van der Waals surface area contributed by atoms with E-state index in [0.29, 0.717) is 18.9 Å². The molecular formula is C16H22FNO2. The van der Waals surface area contributed by atoms with Crippen LogP contribution in [0.3, 0.4) is 0 Å². The van der Waals surface area contributed by atoms with Crippen LogP contribution < -0.4 is 0 Å². The summed E-state index contributed by atoms with van der Waals surface area (Å²) >= 11 is 0. The first-order valence-electron chi connectivity index (χ1n) is 7.38. The van der Waals surface area contributed by atoms with Gasteiger partial charge < -0.3 is 4.74 Å². The van der Waals surface area contributed by atoms with Crippen LogP contribution in [-0.2, 0) is 9.53 Å². The highest BCUT2D eigenvalue weighted by Crippen LogP contribution is 2.38. The molecular weight excluding hydrogens is 257 g/mol. The summed E-state index contributed by atoms with van der Waals surface area (Å²) in [5.41, 5.74) is 1.74. The van der Waals surface area contributed by atoms with Crippen LogP contribution in [0.15, 0.2) is 12.3 Å². The molecule has 0 saturated heterocycles. The van der Waals surface area contributed by atoms with Gasteiger partial charge in [-0.2, -0.15) is 4.39 Å². The number of aromatic nitrogens is 1. The molecule has 0 unspecified atom stereocenters. The van der Waals surface area contributed by atoms with Crippen molar-refractivity contribution in [2.24, 2.45) is 5.92 Å². The molecule has 110 valence electrons. The fourth-order valence-electron chi connectivity index (χ4n) is 3.14. The smallest absolute Gasteiger partial charge is 0.306 e. The van der Waals surface area contributed by atoms with E-state index in [2.05, 4.69) is 4.98 Å². The highest BCUT2D eigenvalue weighted by Gasteiger charge is 2.27. The van der Waals surface area contributed by atoms with Crippen molar-refractivity contribution in [3.05, 3.63) is 29.3 Å². The van der Waals surface area contributed by atoms with E-state index in [4.69, 9.17) is 4.74 Å². The van der Waals surface area contributed by atoms with Crippen LogP contribution in [0.25, 0.3) is 0 Å². The zero-order valence-corrected chi connectivity index (χ0v) is 12.2. The number of hydrogen-bond donors (Lipinski definition) is 0. The summed E-state index contributed by atoms with van der Waals surface area (Å²) in [6.45, 7) is 4.20. The van der Waals surface area contributed by atoms with Crippen molar-refractivity contribution in [2.45, 2.75) is 51.9 Å². The molecule has 0 atom stereocenters. The lowest BCUT2D eigenvalue weighted by atomic mass is 9.77. The van der Waals surface area contributed by atoms with Crippen LogP contribution >= 0.6 is 0 Å². The molecule has 0 amide bonds. The van der Waals surface area contributed by atoms with Crippen molar-refractivity contribution in [1.29, 1.82) is 0 Å². The third kappa shape index (κ3) is 3.56. The van der Waals surface area contributed by atoms with E-state index >= 15 is 0 Å². The lowest BCUT2D eigenvalue weighted by Crippen LogP contribution is -2.19. The van der Waals surface area contributed by atoms with E-state index in [9.17, 15) is 9.18 Å². The van der Waals surface area contributed by atoms with Crippen LogP contribution in [0, 0.1) is 18.8 Å². The minimum Gasteiger partial charge on any atom is -0.466 e. The summed E-state index contributed by atoms with van der Waals surface area (Å²) in [6, 6.07) is 1.86. The topological polar surface area (TPSA) is 39.2 Å². The Hall–Kier alpha value is -1.45. The zero-order chi connectivity index (χ0) is 14.5. The van der Waals surface area contributed by atoms with Gasteiger partial charge in [-0.05, 0) is 63.0 Å². The van der Waals surface area contributed by atoms with E-state index < -0.39 is 0 Å². The number of aryl methyl sites for hydroxylation is 1. The Balaban J connectivity index is 1.93. The lowest BCUT2D eigenvalue weighted by molar-refractivity contribution is -0.144. The maximum atomic E-state index is 13.9. The second kappa shape index (κ2) is 6.82. The molecule has 4 heteroatoms. The van der Waals surface area contributed by atoms with Gasteiger partial charge in [0, 0.05) is 18.2 Å². The Morgan fingerprint density at radius 3 is 2.70 bits per heavy atom. The minimum absolute atomic E-state index is 0.111. The number of carbonyl (C=O) groups excluding carboxylic acids is 1. The Labute approximate surface area is 119 Å². The Bertz CT molecular complexity index is 447. The quantitative estimate of drug-likeness (QED) is 0.622. The largest absolute Gasteiger partial charge is 0.466 e. The van der Waals surface area contributed by atoms with Gasteiger partial charge in [-0.25, -0.2) is 4.98 Å². The molecule has 2 rings (SSSR count). The summed E-state index contributed by atoms with van der Waals surface area (Å²) in [5, 5.41) is 0. The van der Waals surface area contributed by atoms with Crippen LogP contribution in [0.1, 0.15) is 56.1 Å². The van der Waals surface area contributed by atoms with Crippen molar-refractivity contribution in [1.82, 2.24) is 4.98 Å². The van der Waals surface area contributed by atoms with Gasteiger partial charge in [0.05, 0.1) is 6.61 Å². The Morgan fingerprint density at radius 1 is 1.40 bits per heavy atom. The first-order valence-corrected chi connectivity index (χ1v) is 7.38. The third-order valence-electron chi connectivity index (χ3n) is 4.18. The first-order chi connectivity index (χ1) is 9.61. The molecule has 3 nitrogen and oxygen atoms in total. The van der Waals surface area contributed by atoms with Gasteiger partial charge in [0.2, 0.25) is 5.95 Å². The maximum absolute atomic E-state index is 13.9. The molecule has 0 radical (unpaired) electrons. The molecule has 0 aromatic carbocycles.